The minimum absolute atomic E-state index is 0.184. The summed E-state index contributed by atoms with van der Waals surface area (Å²) in [5, 5.41) is 8.66. The van der Waals surface area contributed by atoms with Crippen LogP contribution in [0, 0.1) is 0 Å². The molecule has 1 N–H and O–H groups in total. The standard InChI is InChI=1S/C11H11ClN2O2/c12-7-1-2-9-10(5-7)16-14-11(9)15-8-3-4-13-6-8/h1-2,5,8,13H,3-4,6H2. The zero-order chi connectivity index (χ0) is 11.0. The summed E-state index contributed by atoms with van der Waals surface area (Å²) in [5.41, 5.74) is 0.661. The van der Waals surface area contributed by atoms with Crippen LogP contribution in [0.15, 0.2) is 22.7 Å². The summed E-state index contributed by atoms with van der Waals surface area (Å²) in [4.78, 5) is 0. The normalized spacial score (nSPS) is 20.4. The molecule has 4 nitrogen and oxygen atoms in total. The Morgan fingerprint density at radius 2 is 2.44 bits per heavy atom. The van der Waals surface area contributed by atoms with Gasteiger partial charge >= 0.3 is 0 Å². The van der Waals surface area contributed by atoms with Crippen LogP contribution in [-0.2, 0) is 0 Å². The molecule has 1 fully saturated rings. The third-order valence-electron chi connectivity index (χ3n) is 2.69. The van der Waals surface area contributed by atoms with Crippen molar-refractivity contribution >= 4 is 22.6 Å². The highest BCUT2D eigenvalue weighted by molar-refractivity contribution is 6.31. The first kappa shape index (κ1) is 9.93. The van der Waals surface area contributed by atoms with Crippen LogP contribution in [0.2, 0.25) is 5.02 Å². The molecule has 2 heterocycles. The first-order valence-electron chi connectivity index (χ1n) is 5.25. The van der Waals surface area contributed by atoms with E-state index in [2.05, 4.69) is 10.5 Å². The second-order valence-electron chi connectivity index (χ2n) is 3.86. The Balaban J connectivity index is 1.91. The summed E-state index contributed by atoms with van der Waals surface area (Å²) in [6.07, 6.45) is 1.19. The van der Waals surface area contributed by atoms with Crippen molar-refractivity contribution in [3.05, 3.63) is 23.2 Å². The molecular weight excluding hydrogens is 228 g/mol. The SMILES string of the molecule is Clc1ccc2c(OC3CCNC3)noc2c1. The number of aromatic nitrogens is 1. The summed E-state index contributed by atoms with van der Waals surface area (Å²) >= 11 is 5.86. The molecule has 0 saturated carbocycles. The largest absolute Gasteiger partial charge is 0.470 e. The van der Waals surface area contributed by atoms with Gasteiger partial charge in [-0.3, -0.25) is 0 Å². The summed E-state index contributed by atoms with van der Waals surface area (Å²) in [6, 6.07) is 5.41. The Bertz CT molecular complexity index is 506. The third kappa shape index (κ3) is 1.74. The maximum absolute atomic E-state index is 5.86. The third-order valence-corrected chi connectivity index (χ3v) is 2.93. The topological polar surface area (TPSA) is 47.3 Å². The van der Waals surface area contributed by atoms with Gasteiger partial charge in [0.05, 0.1) is 5.39 Å². The Morgan fingerprint density at radius 3 is 3.25 bits per heavy atom. The second kappa shape index (κ2) is 3.96. The zero-order valence-corrected chi connectivity index (χ0v) is 9.33. The van der Waals surface area contributed by atoms with E-state index in [0.717, 1.165) is 24.9 Å². The van der Waals surface area contributed by atoms with Crippen LogP contribution in [0.25, 0.3) is 11.0 Å². The fourth-order valence-corrected chi connectivity index (χ4v) is 2.02. The highest BCUT2D eigenvalue weighted by Crippen LogP contribution is 2.28. The van der Waals surface area contributed by atoms with Gasteiger partial charge in [-0.2, -0.15) is 0 Å². The van der Waals surface area contributed by atoms with Gasteiger partial charge in [-0.05, 0) is 30.3 Å². The molecule has 1 aromatic heterocycles. The van der Waals surface area contributed by atoms with Crippen LogP contribution in [-0.4, -0.2) is 24.4 Å². The lowest BCUT2D eigenvalue weighted by atomic mass is 10.2. The molecule has 0 radical (unpaired) electrons. The molecule has 0 aliphatic carbocycles. The van der Waals surface area contributed by atoms with Crippen LogP contribution in [0.4, 0.5) is 0 Å². The molecule has 1 aliphatic heterocycles. The van der Waals surface area contributed by atoms with Crippen LogP contribution in [0.1, 0.15) is 6.42 Å². The average molecular weight is 239 g/mol. The Morgan fingerprint density at radius 1 is 1.50 bits per heavy atom. The van der Waals surface area contributed by atoms with Crippen molar-refractivity contribution in [3.63, 3.8) is 0 Å². The van der Waals surface area contributed by atoms with E-state index in [9.17, 15) is 0 Å². The van der Waals surface area contributed by atoms with Gasteiger partial charge in [-0.25, -0.2) is 0 Å². The van der Waals surface area contributed by atoms with Gasteiger partial charge in [-0.15, -0.1) is 0 Å². The number of hydrogen-bond donors (Lipinski definition) is 1. The minimum Gasteiger partial charge on any atom is -0.470 e. The van der Waals surface area contributed by atoms with Crippen molar-refractivity contribution < 1.29 is 9.26 Å². The van der Waals surface area contributed by atoms with Crippen molar-refractivity contribution in [1.29, 1.82) is 0 Å². The molecule has 1 atom stereocenters. The van der Waals surface area contributed by atoms with Crippen molar-refractivity contribution in [3.8, 4) is 5.88 Å². The Kier molecular flexibility index (Phi) is 2.46. The predicted octanol–water partition coefficient (Wildman–Crippen LogP) is 2.22. The van der Waals surface area contributed by atoms with Crippen molar-refractivity contribution in [2.45, 2.75) is 12.5 Å². The van der Waals surface area contributed by atoms with Crippen molar-refractivity contribution in [2.24, 2.45) is 0 Å². The second-order valence-corrected chi connectivity index (χ2v) is 4.30. The number of halogens is 1. The van der Waals surface area contributed by atoms with Crippen LogP contribution >= 0.6 is 11.6 Å². The first-order valence-corrected chi connectivity index (χ1v) is 5.63. The quantitative estimate of drug-likeness (QED) is 0.872. The molecule has 1 unspecified atom stereocenters. The lowest BCUT2D eigenvalue weighted by Crippen LogP contribution is -2.19. The fraction of sp³-hybridized carbons (Fsp3) is 0.364. The maximum atomic E-state index is 5.86. The van der Waals surface area contributed by atoms with Crippen LogP contribution < -0.4 is 10.1 Å². The summed E-state index contributed by atoms with van der Waals surface area (Å²) in [7, 11) is 0. The molecule has 0 spiro atoms. The van der Waals surface area contributed by atoms with Crippen molar-refractivity contribution in [2.75, 3.05) is 13.1 Å². The zero-order valence-electron chi connectivity index (χ0n) is 8.57. The van der Waals surface area contributed by atoms with Gasteiger partial charge in [0.25, 0.3) is 5.88 Å². The van der Waals surface area contributed by atoms with Gasteiger partial charge in [-0.1, -0.05) is 11.6 Å². The molecule has 0 bridgehead atoms. The van der Waals surface area contributed by atoms with Gasteiger partial charge in [0.15, 0.2) is 5.58 Å². The maximum Gasteiger partial charge on any atom is 0.262 e. The molecule has 1 aliphatic rings. The molecule has 3 rings (SSSR count). The van der Waals surface area contributed by atoms with Gasteiger partial charge in [0.1, 0.15) is 6.10 Å². The van der Waals surface area contributed by atoms with E-state index in [-0.39, 0.29) is 6.10 Å². The first-order chi connectivity index (χ1) is 7.83. The molecule has 2 aromatic rings. The Labute approximate surface area is 97.5 Å². The Hall–Kier alpha value is -1.26. The summed E-state index contributed by atoms with van der Waals surface area (Å²) in [6.45, 7) is 1.86. The smallest absolute Gasteiger partial charge is 0.262 e. The monoisotopic (exact) mass is 238 g/mol. The molecule has 16 heavy (non-hydrogen) atoms. The van der Waals surface area contributed by atoms with E-state index in [1.807, 2.05) is 6.07 Å². The van der Waals surface area contributed by atoms with E-state index >= 15 is 0 Å². The minimum atomic E-state index is 0.184. The lowest BCUT2D eigenvalue weighted by Gasteiger charge is -2.08. The van der Waals surface area contributed by atoms with E-state index < -0.39 is 0 Å². The van der Waals surface area contributed by atoms with E-state index in [1.165, 1.54) is 0 Å². The molecule has 5 heteroatoms. The molecule has 0 amide bonds. The highest BCUT2D eigenvalue weighted by atomic mass is 35.5. The lowest BCUT2D eigenvalue weighted by molar-refractivity contribution is 0.204. The molecule has 84 valence electrons. The average Bonchev–Trinajstić information content (AvgIpc) is 2.89. The van der Waals surface area contributed by atoms with E-state index in [0.29, 0.717) is 16.5 Å². The van der Waals surface area contributed by atoms with E-state index in [1.54, 1.807) is 12.1 Å². The predicted molar refractivity (Wildman–Crippen MR) is 60.9 cm³/mol. The number of hydrogen-bond acceptors (Lipinski definition) is 4. The van der Waals surface area contributed by atoms with Crippen LogP contribution in [0.5, 0.6) is 5.88 Å². The van der Waals surface area contributed by atoms with Gasteiger partial charge < -0.3 is 14.6 Å². The number of nitrogens with one attached hydrogen (secondary N) is 1. The molecular formula is C11H11ClN2O2. The van der Waals surface area contributed by atoms with Gasteiger partial charge in [0.2, 0.25) is 0 Å². The highest BCUT2D eigenvalue weighted by Gasteiger charge is 2.19. The van der Waals surface area contributed by atoms with Crippen molar-refractivity contribution in [1.82, 2.24) is 10.5 Å². The van der Waals surface area contributed by atoms with E-state index in [4.69, 9.17) is 20.9 Å². The van der Waals surface area contributed by atoms with Gasteiger partial charge in [0, 0.05) is 17.6 Å². The summed E-state index contributed by atoms with van der Waals surface area (Å²) in [5.74, 6) is 0.556. The number of nitrogens with zero attached hydrogens (tertiary/aromatic N) is 1. The number of fused-ring (bicyclic) bond motifs is 1. The van der Waals surface area contributed by atoms with Crippen LogP contribution in [0.3, 0.4) is 0 Å². The molecule has 1 saturated heterocycles. The summed E-state index contributed by atoms with van der Waals surface area (Å²) < 4.78 is 10.9. The fourth-order valence-electron chi connectivity index (χ4n) is 1.86. The number of rotatable bonds is 2. The number of benzene rings is 1. The molecule has 1 aromatic carbocycles. The number of ether oxygens (including phenoxy) is 1.